The third-order valence-electron chi connectivity index (χ3n) is 3.46. The lowest BCUT2D eigenvalue weighted by Gasteiger charge is -2.25. The fraction of sp³-hybridized carbons (Fsp3) is 0.444. The smallest absolute Gasteiger partial charge is 0.126 e. The highest BCUT2D eigenvalue weighted by Gasteiger charge is 2.17. The van der Waals surface area contributed by atoms with Gasteiger partial charge >= 0.3 is 0 Å². The van der Waals surface area contributed by atoms with E-state index in [9.17, 15) is 4.39 Å². The van der Waals surface area contributed by atoms with Crippen molar-refractivity contribution < 1.29 is 8.81 Å². The minimum atomic E-state index is -0.127. The van der Waals surface area contributed by atoms with Gasteiger partial charge in [-0.05, 0) is 63.4 Å². The summed E-state index contributed by atoms with van der Waals surface area (Å²) in [6, 6.07) is 10.9. The van der Waals surface area contributed by atoms with E-state index in [1.165, 1.54) is 6.07 Å². The lowest BCUT2D eigenvalue weighted by Crippen LogP contribution is -2.40. The van der Waals surface area contributed by atoms with Crippen LogP contribution in [0.3, 0.4) is 0 Å². The molecule has 1 aromatic carbocycles. The van der Waals surface area contributed by atoms with Crippen molar-refractivity contribution >= 4 is 0 Å². The van der Waals surface area contributed by atoms with Gasteiger partial charge in [-0.25, -0.2) is 4.39 Å². The van der Waals surface area contributed by atoms with Gasteiger partial charge in [-0.3, -0.25) is 0 Å². The van der Waals surface area contributed by atoms with Gasteiger partial charge in [0.15, 0.2) is 0 Å². The second-order valence-corrected chi connectivity index (χ2v) is 6.58. The van der Waals surface area contributed by atoms with Gasteiger partial charge < -0.3 is 9.73 Å². The molecule has 0 saturated heterocycles. The van der Waals surface area contributed by atoms with E-state index in [2.05, 4.69) is 26.1 Å². The van der Waals surface area contributed by atoms with Gasteiger partial charge in [0.1, 0.15) is 11.6 Å². The molecule has 0 bridgehead atoms. The predicted molar refractivity (Wildman–Crippen MR) is 83.8 cm³/mol. The molecule has 0 spiro atoms. The molecular formula is C18H24FNO. The van der Waals surface area contributed by atoms with Crippen molar-refractivity contribution in [2.45, 2.75) is 39.2 Å². The molecule has 3 heteroatoms. The Labute approximate surface area is 126 Å². The molecule has 114 valence electrons. The minimum absolute atomic E-state index is 0.0522. The van der Waals surface area contributed by atoms with Gasteiger partial charge in [0, 0.05) is 12.0 Å². The van der Waals surface area contributed by atoms with Crippen molar-refractivity contribution in [1.29, 1.82) is 0 Å². The highest BCUT2D eigenvalue weighted by Crippen LogP contribution is 2.18. The van der Waals surface area contributed by atoms with Gasteiger partial charge in [-0.2, -0.15) is 0 Å². The van der Waals surface area contributed by atoms with Gasteiger partial charge in [0.2, 0.25) is 0 Å². The lowest BCUT2D eigenvalue weighted by atomic mass is 9.93. The average molecular weight is 289 g/mol. The molecule has 1 atom stereocenters. The predicted octanol–water partition coefficient (Wildman–Crippen LogP) is 4.21. The summed E-state index contributed by atoms with van der Waals surface area (Å²) < 4.78 is 19.3. The molecule has 1 heterocycles. The molecule has 1 N–H and O–H groups in total. The van der Waals surface area contributed by atoms with Crippen LogP contribution in [0.25, 0.3) is 0 Å². The maximum absolute atomic E-state index is 13.9. The normalized spacial score (nSPS) is 13.3. The zero-order chi connectivity index (χ0) is 15.3. The first-order valence-electron chi connectivity index (χ1n) is 7.45. The van der Waals surface area contributed by atoms with E-state index in [0.29, 0.717) is 12.3 Å². The van der Waals surface area contributed by atoms with E-state index in [1.807, 2.05) is 24.3 Å². The molecule has 2 aromatic rings. The molecule has 21 heavy (non-hydrogen) atoms. The Kier molecular flexibility index (Phi) is 5.18. The van der Waals surface area contributed by atoms with Gasteiger partial charge in [-0.15, -0.1) is 0 Å². The van der Waals surface area contributed by atoms with Gasteiger partial charge in [0.05, 0.1) is 6.26 Å². The van der Waals surface area contributed by atoms with Crippen molar-refractivity contribution in [3.63, 3.8) is 0 Å². The molecule has 2 rings (SSSR count). The first-order chi connectivity index (χ1) is 9.94. The molecular weight excluding hydrogens is 265 g/mol. The minimum Gasteiger partial charge on any atom is -0.469 e. The van der Waals surface area contributed by atoms with Crippen molar-refractivity contribution in [2.24, 2.45) is 5.92 Å². The fourth-order valence-electron chi connectivity index (χ4n) is 2.36. The second kappa shape index (κ2) is 6.90. The topological polar surface area (TPSA) is 25.2 Å². The fourth-order valence-corrected chi connectivity index (χ4v) is 2.36. The van der Waals surface area contributed by atoms with Crippen LogP contribution in [0, 0.1) is 11.7 Å². The van der Waals surface area contributed by atoms with Crippen LogP contribution in [0.2, 0.25) is 0 Å². The summed E-state index contributed by atoms with van der Waals surface area (Å²) in [6.45, 7) is 7.25. The van der Waals surface area contributed by atoms with E-state index in [1.54, 1.807) is 12.3 Å². The van der Waals surface area contributed by atoms with Crippen molar-refractivity contribution in [3.05, 3.63) is 59.8 Å². The Morgan fingerprint density at radius 2 is 1.86 bits per heavy atom. The van der Waals surface area contributed by atoms with E-state index >= 15 is 0 Å². The summed E-state index contributed by atoms with van der Waals surface area (Å²) in [5.41, 5.74) is 0.821. The summed E-state index contributed by atoms with van der Waals surface area (Å²) in [5, 5.41) is 3.51. The third kappa shape index (κ3) is 5.35. The van der Waals surface area contributed by atoms with Gasteiger partial charge in [0.25, 0.3) is 0 Å². The first kappa shape index (κ1) is 15.8. The monoisotopic (exact) mass is 289 g/mol. The number of furan rings is 1. The quantitative estimate of drug-likeness (QED) is 0.862. The number of benzene rings is 1. The molecule has 0 saturated carbocycles. The Balaban J connectivity index is 2.06. The lowest BCUT2D eigenvalue weighted by molar-refractivity contribution is 0.349. The first-order valence-corrected chi connectivity index (χ1v) is 7.45. The van der Waals surface area contributed by atoms with E-state index in [0.717, 1.165) is 24.3 Å². The second-order valence-electron chi connectivity index (χ2n) is 6.58. The van der Waals surface area contributed by atoms with Gasteiger partial charge in [-0.1, -0.05) is 18.2 Å². The third-order valence-corrected chi connectivity index (χ3v) is 3.46. The summed E-state index contributed by atoms with van der Waals surface area (Å²) >= 11 is 0. The zero-order valence-electron chi connectivity index (χ0n) is 13.0. The summed E-state index contributed by atoms with van der Waals surface area (Å²) in [4.78, 5) is 0. The number of halogens is 1. The van der Waals surface area contributed by atoms with Crippen LogP contribution in [-0.4, -0.2) is 12.1 Å². The van der Waals surface area contributed by atoms with Crippen LogP contribution in [0.5, 0.6) is 0 Å². The van der Waals surface area contributed by atoms with Crippen LogP contribution in [0.15, 0.2) is 47.1 Å². The Bertz CT molecular complexity index is 543. The van der Waals surface area contributed by atoms with Crippen molar-refractivity contribution in [3.8, 4) is 0 Å². The van der Waals surface area contributed by atoms with E-state index < -0.39 is 0 Å². The number of hydrogen-bond donors (Lipinski definition) is 1. The van der Waals surface area contributed by atoms with Crippen molar-refractivity contribution in [1.82, 2.24) is 5.32 Å². The van der Waals surface area contributed by atoms with Crippen LogP contribution < -0.4 is 5.32 Å². The molecule has 0 radical (unpaired) electrons. The molecule has 0 fully saturated rings. The summed E-state index contributed by atoms with van der Waals surface area (Å²) in [7, 11) is 0. The van der Waals surface area contributed by atoms with Crippen LogP contribution in [0.4, 0.5) is 4.39 Å². The van der Waals surface area contributed by atoms with Crippen LogP contribution >= 0.6 is 0 Å². The Morgan fingerprint density at radius 1 is 1.10 bits per heavy atom. The van der Waals surface area contributed by atoms with Crippen molar-refractivity contribution in [2.75, 3.05) is 6.54 Å². The summed E-state index contributed by atoms with van der Waals surface area (Å²) in [5.74, 6) is 1.12. The van der Waals surface area contributed by atoms with Crippen LogP contribution in [-0.2, 0) is 12.8 Å². The standard InChI is InChI=1S/C18H24FNO/c1-18(2,3)20-13-14(12-16-8-6-10-21-16)11-15-7-4-5-9-17(15)19/h4-10,14,20H,11-13H2,1-3H3. The highest BCUT2D eigenvalue weighted by atomic mass is 19.1. The van der Waals surface area contributed by atoms with E-state index in [4.69, 9.17) is 4.42 Å². The molecule has 1 unspecified atom stereocenters. The van der Waals surface area contributed by atoms with Crippen LogP contribution in [0.1, 0.15) is 32.1 Å². The highest BCUT2D eigenvalue weighted by molar-refractivity contribution is 5.18. The molecule has 1 aromatic heterocycles. The maximum atomic E-state index is 13.9. The largest absolute Gasteiger partial charge is 0.469 e. The van der Waals surface area contributed by atoms with E-state index in [-0.39, 0.29) is 11.4 Å². The Hall–Kier alpha value is -1.61. The zero-order valence-corrected chi connectivity index (χ0v) is 13.0. The SMILES string of the molecule is CC(C)(C)NCC(Cc1ccco1)Cc1ccccc1F. The molecule has 0 amide bonds. The number of nitrogens with one attached hydrogen (secondary N) is 1. The summed E-state index contributed by atoms with van der Waals surface area (Å²) in [6.07, 6.45) is 3.20. The molecule has 0 aliphatic heterocycles. The number of hydrogen-bond acceptors (Lipinski definition) is 2. The maximum Gasteiger partial charge on any atom is 0.126 e. The number of rotatable bonds is 6. The average Bonchev–Trinajstić information content (AvgIpc) is 2.90. The molecule has 0 aliphatic carbocycles. The Morgan fingerprint density at radius 3 is 2.48 bits per heavy atom. The molecule has 2 nitrogen and oxygen atoms in total. The molecule has 0 aliphatic rings.